The van der Waals surface area contributed by atoms with E-state index in [1.54, 1.807) is 0 Å². The molecule has 0 N–H and O–H groups in total. The quantitative estimate of drug-likeness (QED) is 0.522. The molecule has 3 aromatic rings. The van der Waals surface area contributed by atoms with Crippen LogP contribution < -0.4 is 0 Å². The summed E-state index contributed by atoms with van der Waals surface area (Å²) < 4.78 is 5.87. The first-order valence-electron chi connectivity index (χ1n) is 7.38. The Hall–Kier alpha value is -1.47. The van der Waals surface area contributed by atoms with Crippen LogP contribution in [0, 0.1) is 5.92 Å². The minimum atomic E-state index is 0.135. The van der Waals surface area contributed by atoms with Crippen molar-refractivity contribution in [3.63, 3.8) is 0 Å². The number of para-hydroxylation sites is 1. The second-order valence-corrected chi connectivity index (χ2v) is 6.27. The number of benzene rings is 2. The van der Waals surface area contributed by atoms with Gasteiger partial charge in [-0.1, -0.05) is 37.1 Å². The van der Waals surface area contributed by atoms with Gasteiger partial charge < -0.3 is 4.42 Å². The van der Waals surface area contributed by atoms with Gasteiger partial charge in [-0.05, 0) is 42.5 Å². The van der Waals surface area contributed by atoms with Gasteiger partial charge in [-0.15, -0.1) is 11.6 Å². The molecule has 0 bridgehead atoms. The third-order valence-electron chi connectivity index (χ3n) is 4.53. The van der Waals surface area contributed by atoms with E-state index < -0.39 is 0 Å². The zero-order valence-corrected chi connectivity index (χ0v) is 12.1. The van der Waals surface area contributed by atoms with E-state index in [4.69, 9.17) is 16.0 Å². The molecule has 0 amide bonds. The molecule has 1 nitrogen and oxygen atoms in total. The van der Waals surface area contributed by atoms with Crippen LogP contribution in [0.2, 0.25) is 0 Å². The molecule has 1 unspecified atom stereocenters. The molecule has 0 spiro atoms. The Balaban J connectivity index is 1.82. The first-order chi connectivity index (χ1) is 9.83. The number of hydrogen-bond donors (Lipinski definition) is 0. The van der Waals surface area contributed by atoms with Crippen molar-refractivity contribution in [3.8, 4) is 0 Å². The highest BCUT2D eigenvalue weighted by atomic mass is 35.5. The second kappa shape index (κ2) is 4.82. The lowest BCUT2D eigenvalue weighted by Crippen LogP contribution is -2.03. The largest absolute Gasteiger partial charge is 0.456 e. The van der Waals surface area contributed by atoms with E-state index in [-0.39, 0.29) is 5.38 Å². The van der Waals surface area contributed by atoms with Gasteiger partial charge in [-0.25, -0.2) is 0 Å². The Morgan fingerprint density at radius 3 is 2.55 bits per heavy atom. The highest BCUT2D eigenvalue weighted by molar-refractivity contribution is 6.21. The molecule has 1 aliphatic carbocycles. The number of furan rings is 1. The van der Waals surface area contributed by atoms with Gasteiger partial charge in [0.2, 0.25) is 0 Å². The fraction of sp³-hybridized carbons (Fsp3) is 0.333. The van der Waals surface area contributed by atoms with Crippen LogP contribution in [0.15, 0.2) is 46.9 Å². The molecule has 0 radical (unpaired) electrons. The molecule has 1 saturated carbocycles. The molecule has 1 aromatic heterocycles. The van der Waals surface area contributed by atoms with Gasteiger partial charge in [0.1, 0.15) is 11.2 Å². The maximum atomic E-state index is 6.70. The standard InChI is InChI=1S/C18H17ClO/c19-18(12-5-1-2-6-12)13-9-10-17-15(11-13)14-7-3-4-8-16(14)20-17/h3-4,7-12,18H,1-2,5-6H2. The van der Waals surface area contributed by atoms with Crippen LogP contribution in [0.4, 0.5) is 0 Å². The average Bonchev–Trinajstić information content (AvgIpc) is 3.13. The summed E-state index contributed by atoms with van der Waals surface area (Å²) in [6.45, 7) is 0. The lowest BCUT2D eigenvalue weighted by Gasteiger charge is -2.16. The van der Waals surface area contributed by atoms with Crippen LogP contribution in [-0.2, 0) is 0 Å². The normalized spacial score (nSPS) is 18.1. The SMILES string of the molecule is ClC(c1ccc2oc3ccccc3c2c1)C1CCCC1. The summed E-state index contributed by atoms with van der Waals surface area (Å²) in [6, 6.07) is 14.6. The smallest absolute Gasteiger partial charge is 0.135 e. The predicted octanol–water partition coefficient (Wildman–Crippen LogP) is 6.06. The van der Waals surface area contributed by atoms with E-state index in [9.17, 15) is 0 Å². The van der Waals surface area contributed by atoms with E-state index in [2.05, 4.69) is 30.3 Å². The second-order valence-electron chi connectivity index (χ2n) is 5.80. The molecule has 1 heterocycles. The minimum Gasteiger partial charge on any atom is -0.456 e. The summed E-state index contributed by atoms with van der Waals surface area (Å²) >= 11 is 6.70. The van der Waals surface area contributed by atoms with Crippen LogP contribution in [0.25, 0.3) is 21.9 Å². The zero-order chi connectivity index (χ0) is 13.5. The average molecular weight is 285 g/mol. The van der Waals surface area contributed by atoms with Crippen molar-refractivity contribution < 1.29 is 4.42 Å². The summed E-state index contributed by atoms with van der Waals surface area (Å²) in [6.07, 6.45) is 5.17. The van der Waals surface area contributed by atoms with E-state index >= 15 is 0 Å². The summed E-state index contributed by atoms with van der Waals surface area (Å²) in [5.74, 6) is 0.632. The van der Waals surface area contributed by atoms with Gasteiger partial charge in [0.05, 0.1) is 5.38 Å². The highest BCUT2D eigenvalue weighted by Crippen LogP contribution is 2.41. The number of alkyl halides is 1. The zero-order valence-electron chi connectivity index (χ0n) is 11.3. The molecule has 2 aromatic carbocycles. The molecule has 4 rings (SSSR count). The summed E-state index contributed by atoms with van der Waals surface area (Å²) in [5, 5.41) is 2.50. The van der Waals surface area contributed by atoms with Crippen molar-refractivity contribution in [1.82, 2.24) is 0 Å². The van der Waals surface area contributed by atoms with E-state index in [0.29, 0.717) is 5.92 Å². The molecular weight excluding hydrogens is 268 g/mol. The van der Waals surface area contributed by atoms with Gasteiger partial charge in [0, 0.05) is 10.8 Å². The van der Waals surface area contributed by atoms with E-state index in [1.165, 1.54) is 42.0 Å². The molecule has 1 aliphatic rings. The Bertz CT molecular complexity index is 752. The van der Waals surface area contributed by atoms with Crippen LogP contribution in [0.5, 0.6) is 0 Å². The highest BCUT2D eigenvalue weighted by Gasteiger charge is 2.25. The van der Waals surface area contributed by atoms with Crippen LogP contribution in [-0.4, -0.2) is 0 Å². The van der Waals surface area contributed by atoms with Crippen molar-refractivity contribution in [3.05, 3.63) is 48.0 Å². The molecule has 0 saturated heterocycles. The fourth-order valence-electron chi connectivity index (χ4n) is 3.44. The van der Waals surface area contributed by atoms with Crippen molar-refractivity contribution in [2.45, 2.75) is 31.1 Å². The Labute approximate surface area is 123 Å². The third-order valence-corrected chi connectivity index (χ3v) is 5.14. The predicted molar refractivity (Wildman–Crippen MR) is 84.3 cm³/mol. The molecule has 20 heavy (non-hydrogen) atoms. The minimum absolute atomic E-state index is 0.135. The molecule has 1 fully saturated rings. The first-order valence-corrected chi connectivity index (χ1v) is 7.82. The van der Waals surface area contributed by atoms with E-state index in [1.807, 2.05) is 12.1 Å². The summed E-state index contributed by atoms with van der Waals surface area (Å²) in [7, 11) is 0. The molecule has 102 valence electrons. The van der Waals surface area contributed by atoms with Crippen LogP contribution in [0.3, 0.4) is 0 Å². The number of fused-ring (bicyclic) bond motifs is 3. The maximum absolute atomic E-state index is 6.70. The Morgan fingerprint density at radius 2 is 1.70 bits per heavy atom. The monoisotopic (exact) mass is 284 g/mol. The van der Waals surface area contributed by atoms with Gasteiger partial charge in [0.15, 0.2) is 0 Å². The van der Waals surface area contributed by atoms with Crippen molar-refractivity contribution >= 4 is 33.5 Å². The molecule has 1 atom stereocenters. The van der Waals surface area contributed by atoms with Gasteiger partial charge in [0.25, 0.3) is 0 Å². The van der Waals surface area contributed by atoms with Gasteiger partial charge >= 0.3 is 0 Å². The summed E-state index contributed by atoms with van der Waals surface area (Å²) in [5.41, 5.74) is 3.13. The molecular formula is C18H17ClO. The van der Waals surface area contributed by atoms with Crippen LogP contribution in [0.1, 0.15) is 36.6 Å². The number of halogens is 1. The first kappa shape index (κ1) is 12.3. The molecule has 0 aliphatic heterocycles. The number of hydrogen-bond acceptors (Lipinski definition) is 1. The summed E-state index contributed by atoms with van der Waals surface area (Å²) in [4.78, 5) is 0. The third kappa shape index (κ3) is 1.92. The number of rotatable bonds is 2. The van der Waals surface area contributed by atoms with Crippen LogP contribution >= 0.6 is 11.6 Å². The Morgan fingerprint density at radius 1 is 0.950 bits per heavy atom. The molecule has 2 heteroatoms. The lowest BCUT2D eigenvalue weighted by atomic mass is 9.96. The topological polar surface area (TPSA) is 13.1 Å². The lowest BCUT2D eigenvalue weighted by molar-refractivity contribution is 0.529. The van der Waals surface area contributed by atoms with Crippen molar-refractivity contribution in [1.29, 1.82) is 0 Å². The van der Waals surface area contributed by atoms with E-state index in [0.717, 1.165) is 11.2 Å². The fourth-order valence-corrected chi connectivity index (χ4v) is 3.83. The van der Waals surface area contributed by atoms with Gasteiger partial charge in [-0.2, -0.15) is 0 Å². The Kier molecular flexibility index (Phi) is 2.96. The van der Waals surface area contributed by atoms with Gasteiger partial charge in [-0.3, -0.25) is 0 Å². The van der Waals surface area contributed by atoms with Crippen molar-refractivity contribution in [2.24, 2.45) is 5.92 Å². The van der Waals surface area contributed by atoms with Crippen molar-refractivity contribution in [2.75, 3.05) is 0 Å². The maximum Gasteiger partial charge on any atom is 0.135 e.